The molecule has 0 spiro atoms. The van der Waals surface area contributed by atoms with E-state index in [1.54, 1.807) is 0 Å². The van der Waals surface area contributed by atoms with E-state index < -0.39 is 0 Å². The lowest BCUT2D eigenvalue weighted by Gasteiger charge is -2.13. The van der Waals surface area contributed by atoms with Gasteiger partial charge in [-0.15, -0.1) is 0 Å². The molecule has 0 fully saturated rings. The van der Waals surface area contributed by atoms with E-state index >= 15 is 0 Å². The van der Waals surface area contributed by atoms with E-state index in [2.05, 4.69) is 22.4 Å². The molecule has 0 saturated carbocycles. The van der Waals surface area contributed by atoms with Crippen molar-refractivity contribution in [1.29, 1.82) is 0 Å². The zero-order chi connectivity index (χ0) is 12.4. The first kappa shape index (κ1) is 11.9. The van der Waals surface area contributed by atoms with Crippen molar-refractivity contribution in [3.05, 3.63) is 42.0 Å². The fourth-order valence-corrected chi connectivity index (χ4v) is 2.07. The Bertz CT molecular complexity index is 563. The van der Waals surface area contributed by atoms with E-state index in [1.807, 2.05) is 31.2 Å². The highest BCUT2D eigenvalue weighted by atomic mass is 28.1. The molecule has 1 unspecified atom stereocenters. The first-order chi connectivity index (χ1) is 8.06. The molecule has 0 aliphatic carbocycles. The van der Waals surface area contributed by atoms with Gasteiger partial charge < -0.3 is 4.74 Å². The average Bonchev–Trinajstić information content (AvgIpc) is 2.27. The molecular weight excluding hydrogens is 228 g/mol. The number of ether oxygens (including phenoxy) is 1. The van der Waals surface area contributed by atoms with Gasteiger partial charge in [0.05, 0.1) is 10.2 Å². The summed E-state index contributed by atoms with van der Waals surface area (Å²) < 4.78 is 5.16. The monoisotopic (exact) mass is 241 g/mol. The van der Waals surface area contributed by atoms with Crippen LogP contribution in [0.1, 0.15) is 25.5 Å². The van der Waals surface area contributed by atoms with Crippen LogP contribution >= 0.6 is 0 Å². The lowest BCUT2D eigenvalue weighted by Crippen LogP contribution is -2.05. The predicted molar refractivity (Wildman–Crippen MR) is 69.5 cm³/mol. The second-order valence-electron chi connectivity index (χ2n) is 4.07. The maximum atomic E-state index is 10.9. The highest BCUT2D eigenvalue weighted by molar-refractivity contribution is 6.33. The molecule has 1 atom stereocenters. The van der Waals surface area contributed by atoms with Crippen molar-refractivity contribution in [3.8, 4) is 0 Å². The van der Waals surface area contributed by atoms with E-state index in [4.69, 9.17) is 4.74 Å². The standard InChI is InChI=1S/C14H13O2Si/c1-9(16-10(2)15)11-3-4-13-8-14(17)6-5-12(13)7-11/h3-9H,1-2H3. The Labute approximate surface area is 104 Å². The Balaban J connectivity index is 2.37. The summed E-state index contributed by atoms with van der Waals surface area (Å²) in [5.41, 5.74) is 1.01. The lowest BCUT2D eigenvalue weighted by atomic mass is 10.0. The molecule has 2 nitrogen and oxygen atoms in total. The van der Waals surface area contributed by atoms with Gasteiger partial charge in [0.1, 0.15) is 6.10 Å². The molecule has 3 heteroatoms. The summed E-state index contributed by atoms with van der Waals surface area (Å²) in [6, 6.07) is 12.2. The molecule has 0 saturated heterocycles. The number of carbonyl (C=O) groups is 1. The molecule has 0 heterocycles. The van der Waals surface area contributed by atoms with E-state index in [9.17, 15) is 4.79 Å². The van der Waals surface area contributed by atoms with Crippen LogP contribution in [0.15, 0.2) is 36.4 Å². The molecule has 0 aliphatic heterocycles. The third-order valence-corrected chi connectivity index (χ3v) is 2.99. The Morgan fingerprint density at radius 2 is 1.82 bits per heavy atom. The van der Waals surface area contributed by atoms with Gasteiger partial charge in [0.2, 0.25) is 0 Å². The van der Waals surface area contributed by atoms with Crippen molar-refractivity contribution in [2.75, 3.05) is 0 Å². The summed E-state index contributed by atoms with van der Waals surface area (Å²) in [4.78, 5) is 10.9. The Morgan fingerprint density at radius 1 is 1.18 bits per heavy atom. The van der Waals surface area contributed by atoms with Crippen LogP contribution in [0.25, 0.3) is 10.8 Å². The summed E-state index contributed by atoms with van der Waals surface area (Å²) >= 11 is 0. The molecule has 17 heavy (non-hydrogen) atoms. The summed E-state index contributed by atoms with van der Waals surface area (Å²) in [5.74, 6) is -0.256. The molecule has 2 aromatic carbocycles. The zero-order valence-electron chi connectivity index (χ0n) is 9.86. The topological polar surface area (TPSA) is 26.3 Å². The van der Waals surface area contributed by atoms with Gasteiger partial charge in [-0.3, -0.25) is 4.79 Å². The average molecular weight is 241 g/mol. The van der Waals surface area contributed by atoms with E-state index in [0.717, 1.165) is 21.5 Å². The van der Waals surface area contributed by atoms with Crippen LogP contribution in [-0.2, 0) is 9.53 Å². The Morgan fingerprint density at radius 3 is 2.53 bits per heavy atom. The Hall–Kier alpha value is -1.61. The van der Waals surface area contributed by atoms with Crippen LogP contribution in [0.3, 0.4) is 0 Å². The van der Waals surface area contributed by atoms with Crippen LogP contribution in [0.4, 0.5) is 0 Å². The quantitative estimate of drug-likeness (QED) is 0.595. The lowest BCUT2D eigenvalue weighted by molar-refractivity contribution is -0.145. The van der Waals surface area contributed by atoms with Gasteiger partial charge in [-0.1, -0.05) is 35.5 Å². The van der Waals surface area contributed by atoms with Crippen LogP contribution in [0, 0.1) is 0 Å². The van der Waals surface area contributed by atoms with Crippen molar-refractivity contribution in [1.82, 2.24) is 0 Å². The summed E-state index contributed by atoms with van der Waals surface area (Å²) in [7, 11) is 3.49. The minimum atomic E-state index is -0.256. The van der Waals surface area contributed by atoms with Crippen LogP contribution in [-0.4, -0.2) is 16.2 Å². The fraction of sp³-hybridized carbons (Fsp3) is 0.214. The predicted octanol–water partition coefficient (Wildman–Crippen LogP) is 2.26. The second kappa shape index (κ2) is 4.71. The largest absolute Gasteiger partial charge is 0.458 e. The fourth-order valence-electron chi connectivity index (χ4n) is 1.83. The SMILES string of the molecule is CC(=O)OC(C)c1ccc2cc([Si])ccc2c1. The van der Waals surface area contributed by atoms with Gasteiger partial charge in [-0.05, 0) is 29.3 Å². The molecule has 2 aromatic rings. The van der Waals surface area contributed by atoms with Crippen molar-refractivity contribution in [2.24, 2.45) is 0 Å². The summed E-state index contributed by atoms with van der Waals surface area (Å²) in [5, 5.41) is 3.36. The van der Waals surface area contributed by atoms with Gasteiger partial charge in [0, 0.05) is 6.92 Å². The van der Waals surface area contributed by atoms with Crippen molar-refractivity contribution in [3.63, 3.8) is 0 Å². The number of rotatable bonds is 2. The summed E-state index contributed by atoms with van der Waals surface area (Å²) in [6.07, 6.45) is -0.208. The van der Waals surface area contributed by atoms with Gasteiger partial charge in [0.15, 0.2) is 0 Å². The number of carbonyl (C=O) groups excluding carboxylic acids is 1. The maximum absolute atomic E-state index is 10.9. The second-order valence-corrected chi connectivity index (χ2v) is 4.65. The molecule has 0 aliphatic rings. The molecule has 3 radical (unpaired) electrons. The third kappa shape index (κ3) is 2.74. The van der Waals surface area contributed by atoms with Crippen LogP contribution < -0.4 is 5.19 Å². The number of hydrogen-bond donors (Lipinski definition) is 0. The van der Waals surface area contributed by atoms with E-state index in [1.165, 1.54) is 6.92 Å². The van der Waals surface area contributed by atoms with Gasteiger partial charge >= 0.3 is 5.97 Å². The highest BCUT2D eigenvalue weighted by Gasteiger charge is 2.08. The van der Waals surface area contributed by atoms with Crippen LogP contribution in [0.5, 0.6) is 0 Å². The Kier molecular flexibility index (Phi) is 3.29. The minimum Gasteiger partial charge on any atom is -0.458 e. The molecule has 0 N–H and O–H groups in total. The third-order valence-electron chi connectivity index (χ3n) is 2.68. The zero-order valence-corrected chi connectivity index (χ0v) is 10.9. The molecule has 0 amide bonds. The van der Waals surface area contributed by atoms with Crippen molar-refractivity contribution >= 4 is 32.2 Å². The number of fused-ring (bicyclic) bond motifs is 1. The van der Waals surface area contributed by atoms with Gasteiger partial charge in [-0.2, -0.15) is 0 Å². The van der Waals surface area contributed by atoms with E-state index in [-0.39, 0.29) is 12.1 Å². The molecule has 0 aromatic heterocycles. The molecule has 0 bridgehead atoms. The highest BCUT2D eigenvalue weighted by Crippen LogP contribution is 2.22. The summed E-state index contributed by atoms with van der Waals surface area (Å²) in [6.45, 7) is 3.30. The minimum absolute atomic E-state index is 0.208. The first-order valence-electron chi connectivity index (χ1n) is 5.49. The van der Waals surface area contributed by atoms with Crippen molar-refractivity contribution in [2.45, 2.75) is 20.0 Å². The van der Waals surface area contributed by atoms with Crippen LogP contribution in [0.2, 0.25) is 0 Å². The van der Waals surface area contributed by atoms with E-state index in [0.29, 0.717) is 0 Å². The number of esters is 1. The molecular formula is C14H13O2Si. The maximum Gasteiger partial charge on any atom is 0.303 e. The normalized spacial score (nSPS) is 12.4. The van der Waals surface area contributed by atoms with Crippen molar-refractivity contribution < 1.29 is 9.53 Å². The smallest absolute Gasteiger partial charge is 0.303 e. The number of benzene rings is 2. The number of hydrogen-bond acceptors (Lipinski definition) is 2. The molecule has 2 rings (SSSR count). The molecule has 85 valence electrons. The first-order valence-corrected chi connectivity index (χ1v) is 5.99. The van der Waals surface area contributed by atoms with Gasteiger partial charge in [-0.25, -0.2) is 0 Å². The van der Waals surface area contributed by atoms with Gasteiger partial charge in [0.25, 0.3) is 0 Å².